The Bertz CT molecular complexity index is 564. The number of nitrogen functional groups attached to an aromatic ring is 1. The smallest absolute Gasteiger partial charge is 0.407 e. The molecule has 0 aliphatic carbocycles. The van der Waals surface area contributed by atoms with Gasteiger partial charge < -0.3 is 20.5 Å². The van der Waals surface area contributed by atoms with Gasteiger partial charge in [-0.25, -0.2) is 4.79 Å². The first kappa shape index (κ1) is 18.8. The molecule has 0 aromatic heterocycles. The lowest BCUT2D eigenvalue weighted by Crippen LogP contribution is -2.41. The summed E-state index contributed by atoms with van der Waals surface area (Å²) in [5.74, 6) is -0.396. The Morgan fingerprint density at radius 2 is 1.96 bits per heavy atom. The number of amides is 1. The van der Waals surface area contributed by atoms with Crippen LogP contribution in [0.4, 0.5) is 10.5 Å². The zero-order valence-corrected chi connectivity index (χ0v) is 14.4. The molecule has 1 amide bonds. The summed E-state index contributed by atoms with van der Waals surface area (Å²) in [7, 11) is 1.32. The Kier molecular flexibility index (Phi) is 6.42. The van der Waals surface area contributed by atoms with E-state index in [4.69, 9.17) is 15.2 Å². The van der Waals surface area contributed by atoms with Crippen molar-refractivity contribution >= 4 is 17.7 Å². The van der Waals surface area contributed by atoms with E-state index >= 15 is 0 Å². The van der Waals surface area contributed by atoms with Gasteiger partial charge in [-0.05, 0) is 57.4 Å². The normalized spacial score (nSPS) is 12.4. The zero-order valence-electron chi connectivity index (χ0n) is 14.4. The predicted octanol–water partition coefficient (Wildman–Crippen LogP) is 2.58. The molecule has 1 unspecified atom stereocenters. The Balaban J connectivity index is 2.85. The van der Waals surface area contributed by atoms with Crippen molar-refractivity contribution in [2.75, 3.05) is 12.8 Å². The lowest BCUT2D eigenvalue weighted by atomic mass is 9.98. The van der Waals surface area contributed by atoms with Crippen molar-refractivity contribution in [2.24, 2.45) is 0 Å². The minimum absolute atomic E-state index is 0.0595. The average molecular weight is 322 g/mol. The number of aryl methyl sites for hydroxylation is 1. The van der Waals surface area contributed by atoms with E-state index in [1.54, 1.807) is 20.8 Å². The largest absolute Gasteiger partial charge is 0.469 e. The summed E-state index contributed by atoms with van der Waals surface area (Å²) in [5, 5.41) is 2.73. The number of methoxy groups -OCH3 is 1. The van der Waals surface area contributed by atoms with Crippen molar-refractivity contribution in [2.45, 2.75) is 52.2 Å². The first-order valence-electron chi connectivity index (χ1n) is 7.52. The van der Waals surface area contributed by atoms with E-state index in [9.17, 15) is 9.59 Å². The maximum atomic E-state index is 12.0. The summed E-state index contributed by atoms with van der Waals surface area (Å²) in [5.41, 5.74) is 7.86. The van der Waals surface area contributed by atoms with Gasteiger partial charge in [-0.15, -0.1) is 0 Å². The SMILES string of the molecule is COC(=O)CC(Cc1cc(N)ccc1C)NC(=O)OC(C)(C)C. The van der Waals surface area contributed by atoms with Crippen LogP contribution in [-0.2, 0) is 20.7 Å². The number of alkyl carbamates (subject to hydrolysis) is 1. The van der Waals surface area contributed by atoms with Crippen molar-refractivity contribution < 1.29 is 19.1 Å². The molecule has 128 valence electrons. The van der Waals surface area contributed by atoms with Crippen LogP contribution in [0.1, 0.15) is 38.3 Å². The van der Waals surface area contributed by atoms with Gasteiger partial charge in [-0.1, -0.05) is 6.07 Å². The number of carbonyl (C=O) groups is 2. The average Bonchev–Trinajstić information content (AvgIpc) is 2.40. The first-order chi connectivity index (χ1) is 10.6. The fraction of sp³-hybridized carbons (Fsp3) is 0.529. The lowest BCUT2D eigenvalue weighted by Gasteiger charge is -2.23. The standard InChI is InChI=1S/C17H26N2O4/c1-11-6-7-13(18)8-12(11)9-14(10-15(20)22-5)19-16(21)23-17(2,3)4/h6-8,14H,9-10,18H2,1-5H3,(H,19,21). The fourth-order valence-electron chi connectivity index (χ4n) is 2.11. The summed E-state index contributed by atoms with van der Waals surface area (Å²) in [4.78, 5) is 23.6. The summed E-state index contributed by atoms with van der Waals surface area (Å²) in [6.45, 7) is 7.30. The third kappa shape index (κ3) is 7.04. The van der Waals surface area contributed by atoms with E-state index < -0.39 is 23.7 Å². The number of hydrogen-bond donors (Lipinski definition) is 2. The second-order valence-corrected chi connectivity index (χ2v) is 6.51. The Hall–Kier alpha value is -2.24. The van der Waals surface area contributed by atoms with Gasteiger partial charge in [0.2, 0.25) is 0 Å². The molecule has 0 heterocycles. The number of carbonyl (C=O) groups excluding carboxylic acids is 2. The Labute approximate surface area is 137 Å². The molecule has 0 radical (unpaired) electrons. The quantitative estimate of drug-likeness (QED) is 0.642. The van der Waals surface area contributed by atoms with Crippen molar-refractivity contribution in [1.82, 2.24) is 5.32 Å². The summed E-state index contributed by atoms with van der Waals surface area (Å²) in [6.07, 6.45) is -0.0391. The molecule has 1 atom stereocenters. The molecule has 0 aliphatic rings. The molecule has 0 bridgehead atoms. The summed E-state index contributed by atoms with van der Waals surface area (Å²) in [6, 6.07) is 5.14. The van der Waals surface area contributed by atoms with E-state index in [-0.39, 0.29) is 6.42 Å². The van der Waals surface area contributed by atoms with Crippen LogP contribution in [0, 0.1) is 6.92 Å². The van der Waals surface area contributed by atoms with Crippen molar-refractivity contribution in [3.8, 4) is 0 Å². The van der Waals surface area contributed by atoms with Crippen LogP contribution < -0.4 is 11.1 Å². The second kappa shape index (κ2) is 7.85. The number of nitrogens with two attached hydrogens (primary N) is 1. The number of rotatable bonds is 5. The highest BCUT2D eigenvalue weighted by atomic mass is 16.6. The number of esters is 1. The summed E-state index contributed by atoms with van der Waals surface area (Å²) >= 11 is 0. The van der Waals surface area contributed by atoms with Gasteiger partial charge in [-0.3, -0.25) is 4.79 Å². The van der Waals surface area contributed by atoms with E-state index in [1.807, 2.05) is 25.1 Å². The molecule has 0 aliphatic heterocycles. The molecule has 1 aromatic carbocycles. The van der Waals surface area contributed by atoms with Crippen LogP contribution in [0.2, 0.25) is 0 Å². The fourth-order valence-corrected chi connectivity index (χ4v) is 2.11. The van der Waals surface area contributed by atoms with Crippen LogP contribution in [0.15, 0.2) is 18.2 Å². The van der Waals surface area contributed by atoms with Gasteiger partial charge in [0.25, 0.3) is 0 Å². The van der Waals surface area contributed by atoms with E-state index in [0.29, 0.717) is 12.1 Å². The molecule has 0 saturated carbocycles. The van der Waals surface area contributed by atoms with Crippen LogP contribution in [0.25, 0.3) is 0 Å². The van der Waals surface area contributed by atoms with Crippen molar-refractivity contribution in [3.63, 3.8) is 0 Å². The monoisotopic (exact) mass is 322 g/mol. The van der Waals surface area contributed by atoms with Crippen LogP contribution in [0.3, 0.4) is 0 Å². The lowest BCUT2D eigenvalue weighted by molar-refractivity contribution is -0.141. The maximum absolute atomic E-state index is 12.0. The van der Waals surface area contributed by atoms with E-state index in [2.05, 4.69) is 5.32 Å². The van der Waals surface area contributed by atoms with Gasteiger partial charge in [-0.2, -0.15) is 0 Å². The van der Waals surface area contributed by atoms with Gasteiger partial charge in [0.15, 0.2) is 0 Å². The number of ether oxygens (including phenoxy) is 2. The van der Waals surface area contributed by atoms with E-state index in [0.717, 1.165) is 11.1 Å². The Morgan fingerprint density at radius 3 is 2.52 bits per heavy atom. The van der Waals surface area contributed by atoms with Crippen molar-refractivity contribution in [1.29, 1.82) is 0 Å². The van der Waals surface area contributed by atoms with Crippen LogP contribution in [0.5, 0.6) is 0 Å². The first-order valence-corrected chi connectivity index (χ1v) is 7.52. The Morgan fingerprint density at radius 1 is 1.30 bits per heavy atom. The minimum atomic E-state index is -0.604. The number of hydrogen-bond acceptors (Lipinski definition) is 5. The highest BCUT2D eigenvalue weighted by molar-refractivity contribution is 5.73. The summed E-state index contributed by atoms with van der Waals surface area (Å²) < 4.78 is 9.95. The number of anilines is 1. The number of benzene rings is 1. The minimum Gasteiger partial charge on any atom is -0.469 e. The van der Waals surface area contributed by atoms with Gasteiger partial charge >= 0.3 is 12.1 Å². The molecule has 3 N–H and O–H groups in total. The topological polar surface area (TPSA) is 90.6 Å². The molecule has 23 heavy (non-hydrogen) atoms. The molecule has 1 rings (SSSR count). The van der Waals surface area contributed by atoms with Gasteiger partial charge in [0.1, 0.15) is 5.60 Å². The molecule has 0 fully saturated rings. The molecule has 6 heteroatoms. The third-order valence-corrected chi connectivity index (χ3v) is 3.20. The molecule has 0 saturated heterocycles. The molecular formula is C17H26N2O4. The molecular weight excluding hydrogens is 296 g/mol. The van der Waals surface area contributed by atoms with E-state index in [1.165, 1.54) is 7.11 Å². The van der Waals surface area contributed by atoms with Crippen molar-refractivity contribution in [3.05, 3.63) is 29.3 Å². The predicted molar refractivity (Wildman–Crippen MR) is 89.1 cm³/mol. The molecule has 1 aromatic rings. The van der Waals surface area contributed by atoms with Crippen LogP contribution >= 0.6 is 0 Å². The van der Waals surface area contributed by atoms with Gasteiger partial charge in [0.05, 0.1) is 13.5 Å². The highest BCUT2D eigenvalue weighted by Crippen LogP contribution is 2.16. The second-order valence-electron chi connectivity index (χ2n) is 6.51. The van der Waals surface area contributed by atoms with Gasteiger partial charge in [0, 0.05) is 11.7 Å². The molecule has 6 nitrogen and oxygen atoms in total. The zero-order chi connectivity index (χ0) is 17.6. The number of nitrogens with one attached hydrogen (secondary N) is 1. The molecule has 0 spiro atoms. The maximum Gasteiger partial charge on any atom is 0.407 e. The highest BCUT2D eigenvalue weighted by Gasteiger charge is 2.22. The van der Waals surface area contributed by atoms with Crippen LogP contribution in [-0.4, -0.2) is 30.8 Å². The third-order valence-electron chi connectivity index (χ3n) is 3.20.